The van der Waals surface area contributed by atoms with Gasteiger partial charge in [0.1, 0.15) is 18.1 Å². The van der Waals surface area contributed by atoms with Crippen molar-refractivity contribution in [2.75, 3.05) is 26.7 Å². The van der Waals surface area contributed by atoms with Crippen molar-refractivity contribution < 1.29 is 9.47 Å². The minimum absolute atomic E-state index is 0.334. The van der Waals surface area contributed by atoms with Gasteiger partial charge in [0.25, 0.3) is 0 Å². The molecule has 2 heterocycles. The first-order valence-electron chi connectivity index (χ1n) is 11.0. The second-order valence-corrected chi connectivity index (χ2v) is 7.92. The van der Waals surface area contributed by atoms with Gasteiger partial charge in [-0.2, -0.15) is 0 Å². The van der Waals surface area contributed by atoms with E-state index in [1.54, 1.807) is 13.3 Å². The highest BCUT2D eigenvalue weighted by Crippen LogP contribution is 2.27. The van der Waals surface area contributed by atoms with Crippen LogP contribution in [0.25, 0.3) is 0 Å². The zero-order chi connectivity index (χ0) is 21.3. The lowest BCUT2D eigenvalue weighted by Crippen LogP contribution is -2.34. The molecule has 5 heteroatoms. The van der Waals surface area contributed by atoms with E-state index in [0.29, 0.717) is 12.6 Å². The molecule has 0 radical (unpaired) electrons. The van der Waals surface area contributed by atoms with Crippen LogP contribution in [0.2, 0.25) is 0 Å². The van der Waals surface area contributed by atoms with Gasteiger partial charge in [0.2, 0.25) is 0 Å². The molecule has 0 bridgehead atoms. The molecule has 1 aliphatic rings. The summed E-state index contributed by atoms with van der Waals surface area (Å²) in [7, 11) is 1.73. The molecule has 1 aromatic heterocycles. The van der Waals surface area contributed by atoms with Crippen LogP contribution < -0.4 is 14.8 Å². The molecule has 1 N–H and O–H groups in total. The van der Waals surface area contributed by atoms with E-state index in [-0.39, 0.29) is 0 Å². The fourth-order valence-corrected chi connectivity index (χ4v) is 4.14. The van der Waals surface area contributed by atoms with Crippen molar-refractivity contribution in [2.45, 2.75) is 32.0 Å². The Kier molecular flexibility index (Phi) is 7.53. The second-order valence-electron chi connectivity index (χ2n) is 7.92. The van der Waals surface area contributed by atoms with Gasteiger partial charge in [-0.15, -0.1) is 0 Å². The Morgan fingerprint density at radius 1 is 1.03 bits per heavy atom. The molecule has 2 aromatic carbocycles. The minimum atomic E-state index is 0.334. The normalized spacial score (nSPS) is 15.0. The SMILES string of the molecule is COc1cccc([C@@H](CNCc2ccccc2OCc2cccnc2)N2CCCC2)c1. The predicted octanol–water partition coefficient (Wildman–Crippen LogP) is 4.60. The smallest absolute Gasteiger partial charge is 0.124 e. The summed E-state index contributed by atoms with van der Waals surface area (Å²) >= 11 is 0. The van der Waals surface area contributed by atoms with Gasteiger partial charge in [0, 0.05) is 42.7 Å². The van der Waals surface area contributed by atoms with Crippen LogP contribution in [0.1, 0.15) is 35.6 Å². The summed E-state index contributed by atoms with van der Waals surface area (Å²) in [6, 6.07) is 21.0. The first kappa shape index (κ1) is 21.3. The number of aromatic nitrogens is 1. The van der Waals surface area contributed by atoms with Crippen LogP contribution in [0.5, 0.6) is 11.5 Å². The number of likely N-dealkylation sites (tertiary alicyclic amines) is 1. The number of para-hydroxylation sites is 1. The van der Waals surface area contributed by atoms with Crippen LogP contribution in [0.3, 0.4) is 0 Å². The summed E-state index contributed by atoms with van der Waals surface area (Å²) in [6.07, 6.45) is 6.16. The average molecular weight is 418 g/mol. The van der Waals surface area contributed by atoms with Crippen molar-refractivity contribution in [3.63, 3.8) is 0 Å². The first-order chi connectivity index (χ1) is 15.3. The number of benzene rings is 2. The van der Waals surface area contributed by atoms with Gasteiger partial charge in [-0.25, -0.2) is 0 Å². The molecule has 162 valence electrons. The highest BCUT2D eigenvalue weighted by molar-refractivity contribution is 5.34. The molecule has 31 heavy (non-hydrogen) atoms. The quantitative estimate of drug-likeness (QED) is 0.523. The number of hydrogen-bond acceptors (Lipinski definition) is 5. The number of rotatable bonds is 10. The third-order valence-electron chi connectivity index (χ3n) is 5.80. The van der Waals surface area contributed by atoms with E-state index in [0.717, 1.165) is 48.8 Å². The summed E-state index contributed by atoms with van der Waals surface area (Å²) in [6.45, 7) is 4.45. The van der Waals surface area contributed by atoms with Crippen molar-refractivity contribution in [2.24, 2.45) is 0 Å². The average Bonchev–Trinajstić information content (AvgIpc) is 3.36. The number of methoxy groups -OCH3 is 1. The van der Waals surface area contributed by atoms with Crippen LogP contribution in [0, 0.1) is 0 Å². The number of hydrogen-bond donors (Lipinski definition) is 1. The van der Waals surface area contributed by atoms with Gasteiger partial charge in [0.05, 0.1) is 7.11 Å². The Bertz CT molecular complexity index is 942. The van der Waals surface area contributed by atoms with Gasteiger partial charge in [-0.05, 0) is 55.8 Å². The fraction of sp³-hybridized carbons (Fsp3) is 0.346. The van der Waals surface area contributed by atoms with E-state index >= 15 is 0 Å². The molecule has 0 amide bonds. The monoisotopic (exact) mass is 417 g/mol. The number of ether oxygens (including phenoxy) is 2. The highest BCUT2D eigenvalue weighted by Gasteiger charge is 2.23. The molecule has 0 aliphatic carbocycles. The van der Waals surface area contributed by atoms with Crippen molar-refractivity contribution in [3.8, 4) is 11.5 Å². The molecule has 1 atom stereocenters. The molecule has 1 saturated heterocycles. The molecule has 1 fully saturated rings. The lowest BCUT2D eigenvalue weighted by Gasteiger charge is -2.28. The predicted molar refractivity (Wildman–Crippen MR) is 123 cm³/mol. The van der Waals surface area contributed by atoms with Crippen molar-refractivity contribution in [1.29, 1.82) is 0 Å². The highest BCUT2D eigenvalue weighted by atomic mass is 16.5. The van der Waals surface area contributed by atoms with Crippen LogP contribution in [-0.4, -0.2) is 36.6 Å². The maximum Gasteiger partial charge on any atom is 0.124 e. The molecule has 5 nitrogen and oxygen atoms in total. The lowest BCUT2D eigenvalue weighted by atomic mass is 10.0. The fourth-order valence-electron chi connectivity index (χ4n) is 4.14. The van der Waals surface area contributed by atoms with Gasteiger partial charge >= 0.3 is 0 Å². The van der Waals surface area contributed by atoms with E-state index in [1.807, 2.05) is 36.5 Å². The summed E-state index contributed by atoms with van der Waals surface area (Å²) in [5.74, 6) is 1.83. The maximum atomic E-state index is 6.09. The summed E-state index contributed by atoms with van der Waals surface area (Å²) < 4.78 is 11.5. The van der Waals surface area contributed by atoms with E-state index in [1.165, 1.54) is 18.4 Å². The Hall–Kier alpha value is -2.89. The Labute approximate surface area is 185 Å². The van der Waals surface area contributed by atoms with Crippen molar-refractivity contribution in [3.05, 3.63) is 89.7 Å². The molecular formula is C26H31N3O2. The van der Waals surface area contributed by atoms with Gasteiger partial charge in [-0.3, -0.25) is 9.88 Å². The van der Waals surface area contributed by atoms with E-state index in [4.69, 9.17) is 9.47 Å². The maximum absolute atomic E-state index is 6.09. The molecule has 0 spiro atoms. The molecule has 3 aromatic rings. The largest absolute Gasteiger partial charge is 0.497 e. The summed E-state index contributed by atoms with van der Waals surface area (Å²) in [5, 5.41) is 3.68. The zero-order valence-corrected chi connectivity index (χ0v) is 18.2. The third kappa shape index (κ3) is 5.84. The standard InChI is InChI=1S/C26H31N3O2/c1-30-24-11-6-10-22(16-24)25(29-14-4-5-15-29)19-28-18-23-9-2-3-12-26(23)31-20-21-8-7-13-27-17-21/h2-3,6-13,16-17,25,28H,4-5,14-15,18-20H2,1H3/t25-/m1/s1. The second kappa shape index (κ2) is 10.9. The third-order valence-corrected chi connectivity index (χ3v) is 5.80. The molecule has 4 rings (SSSR count). The van der Waals surface area contributed by atoms with E-state index in [2.05, 4.69) is 45.5 Å². The summed E-state index contributed by atoms with van der Waals surface area (Å²) in [5.41, 5.74) is 3.53. The van der Waals surface area contributed by atoms with E-state index < -0.39 is 0 Å². The Morgan fingerprint density at radius 2 is 1.90 bits per heavy atom. The Balaban J connectivity index is 1.40. The molecule has 0 saturated carbocycles. The zero-order valence-electron chi connectivity index (χ0n) is 18.2. The minimum Gasteiger partial charge on any atom is -0.497 e. The van der Waals surface area contributed by atoms with E-state index in [9.17, 15) is 0 Å². The number of pyridine rings is 1. The van der Waals surface area contributed by atoms with Gasteiger partial charge in [0.15, 0.2) is 0 Å². The summed E-state index contributed by atoms with van der Waals surface area (Å²) in [4.78, 5) is 6.74. The topological polar surface area (TPSA) is 46.6 Å². The number of nitrogens with one attached hydrogen (secondary N) is 1. The van der Waals surface area contributed by atoms with Crippen LogP contribution >= 0.6 is 0 Å². The molecular weight excluding hydrogens is 386 g/mol. The van der Waals surface area contributed by atoms with Crippen LogP contribution in [0.4, 0.5) is 0 Å². The van der Waals surface area contributed by atoms with Gasteiger partial charge < -0.3 is 14.8 Å². The molecule has 1 aliphatic heterocycles. The molecule has 0 unspecified atom stereocenters. The number of nitrogens with zero attached hydrogens (tertiary/aromatic N) is 2. The first-order valence-corrected chi connectivity index (χ1v) is 11.0. The van der Waals surface area contributed by atoms with Gasteiger partial charge in [-0.1, -0.05) is 36.4 Å². The van der Waals surface area contributed by atoms with Crippen LogP contribution in [-0.2, 0) is 13.2 Å². The van der Waals surface area contributed by atoms with Crippen molar-refractivity contribution in [1.82, 2.24) is 15.2 Å². The van der Waals surface area contributed by atoms with Crippen molar-refractivity contribution >= 4 is 0 Å². The lowest BCUT2D eigenvalue weighted by molar-refractivity contribution is 0.237. The Morgan fingerprint density at radius 3 is 2.71 bits per heavy atom. The van der Waals surface area contributed by atoms with Crippen LogP contribution in [0.15, 0.2) is 73.1 Å².